The number of carbonyl (C=O) groups excluding carboxylic acids is 1. The molecule has 0 N–H and O–H groups in total. The molecule has 2 heterocycles. The Hall–Kier alpha value is -1.49. The first-order valence-electron chi connectivity index (χ1n) is 12.4. The van der Waals surface area contributed by atoms with Crippen molar-refractivity contribution in [2.75, 3.05) is 24.5 Å². The van der Waals surface area contributed by atoms with Crippen molar-refractivity contribution in [3.05, 3.63) is 18.1 Å². The summed E-state index contributed by atoms with van der Waals surface area (Å²) in [6.45, 7) is 14.4. The van der Waals surface area contributed by atoms with Crippen molar-refractivity contribution >= 4 is 11.6 Å². The first-order chi connectivity index (χ1) is 14.5. The van der Waals surface area contributed by atoms with Crippen LogP contribution in [-0.4, -0.2) is 52.4 Å². The summed E-state index contributed by atoms with van der Waals surface area (Å²) in [5.41, 5.74) is 0. The van der Waals surface area contributed by atoms with Gasteiger partial charge in [-0.05, 0) is 57.6 Å². The lowest BCUT2D eigenvalue weighted by atomic mass is 9.77. The van der Waals surface area contributed by atoms with Crippen molar-refractivity contribution in [2.24, 2.45) is 11.8 Å². The first-order valence-corrected chi connectivity index (χ1v) is 12.4. The quantitative estimate of drug-likeness (QED) is 0.595. The number of likely N-dealkylation sites (N-methyl/N-ethyl adjacent to an activating group) is 1. The molecule has 0 aromatic carbocycles. The SMILES string of the molecule is CCC(C)C(=O)C1CCC(c2nccc(N3C(CC)CN(CC)CC3CC)n2)CC1. The molecule has 1 aliphatic carbocycles. The maximum atomic E-state index is 12.6. The molecule has 1 aromatic heterocycles. The Morgan fingerprint density at radius 1 is 1.07 bits per heavy atom. The molecule has 5 nitrogen and oxygen atoms in total. The maximum absolute atomic E-state index is 12.6. The summed E-state index contributed by atoms with van der Waals surface area (Å²) in [7, 11) is 0. The number of hydrogen-bond donors (Lipinski definition) is 0. The van der Waals surface area contributed by atoms with Gasteiger partial charge in [0.25, 0.3) is 0 Å². The number of Topliss-reactive ketones (excluding diaryl/α,β-unsaturated/α-hetero) is 1. The second kappa shape index (κ2) is 10.7. The molecule has 0 bridgehead atoms. The summed E-state index contributed by atoms with van der Waals surface area (Å²) in [5.74, 6) is 3.40. The van der Waals surface area contributed by atoms with Crippen LogP contribution in [0.25, 0.3) is 0 Å². The van der Waals surface area contributed by atoms with E-state index >= 15 is 0 Å². The fourth-order valence-electron chi connectivity index (χ4n) is 5.37. The van der Waals surface area contributed by atoms with Crippen LogP contribution in [-0.2, 0) is 4.79 Å². The predicted octanol–water partition coefficient (Wildman–Crippen LogP) is 5.06. The normalized spacial score (nSPS) is 29.0. The number of nitrogens with zero attached hydrogens (tertiary/aromatic N) is 4. The van der Waals surface area contributed by atoms with Gasteiger partial charge in [0.15, 0.2) is 0 Å². The summed E-state index contributed by atoms with van der Waals surface area (Å²) >= 11 is 0. The molecular formula is C25H42N4O. The van der Waals surface area contributed by atoms with E-state index in [4.69, 9.17) is 4.98 Å². The monoisotopic (exact) mass is 414 g/mol. The van der Waals surface area contributed by atoms with Crippen LogP contribution in [0.1, 0.15) is 91.3 Å². The summed E-state index contributed by atoms with van der Waals surface area (Å²) < 4.78 is 0. The Kier molecular flexibility index (Phi) is 8.27. The minimum atomic E-state index is 0.199. The van der Waals surface area contributed by atoms with Crippen molar-refractivity contribution in [1.82, 2.24) is 14.9 Å². The van der Waals surface area contributed by atoms with Gasteiger partial charge in [-0.3, -0.25) is 9.69 Å². The second-order valence-electron chi connectivity index (χ2n) is 9.42. The number of anilines is 1. The first kappa shape index (κ1) is 23.2. The number of piperazine rings is 1. The van der Waals surface area contributed by atoms with E-state index in [0.717, 1.165) is 76.2 Å². The van der Waals surface area contributed by atoms with Crippen molar-refractivity contribution in [3.8, 4) is 0 Å². The van der Waals surface area contributed by atoms with E-state index in [1.807, 2.05) is 6.20 Å². The Morgan fingerprint density at radius 3 is 2.23 bits per heavy atom. The molecule has 5 heteroatoms. The number of hydrogen-bond acceptors (Lipinski definition) is 5. The molecular weight excluding hydrogens is 372 g/mol. The van der Waals surface area contributed by atoms with E-state index in [1.165, 1.54) is 0 Å². The highest BCUT2D eigenvalue weighted by atomic mass is 16.1. The van der Waals surface area contributed by atoms with Gasteiger partial charge in [0.2, 0.25) is 0 Å². The van der Waals surface area contributed by atoms with Crippen LogP contribution in [0.15, 0.2) is 12.3 Å². The molecule has 0 amide bonds. The van der Waals surface area contributed by atoms with Crippen molar-refractivity contribution in [2.45, 2.75) is 97.6 Å². The maximum Gasteiger partial charge on any atom is 0.138 e. The van der Waals surface area contributed by atoms with Crippen LogP contribution in [0, 0.1) is 11.8 Å². The Labute approximate surface area is 183 Å². The molecule has 2 fully saturated rings. The largest absolute Gasteiger partial charge is 0.348 e. The molecule has 1 saturated carbocycles. The van der Waals surface area contributed by atoms with E-state index < -0.39 is 0 Å². The number of aromatic nitrogens is 2. The molecule has 1 saturated heterocycles. The summed E-state index contributed by atoms with van der Waals surface area (Å²) in [4.78, 5) is 27.5. The Morgan fingerprint density at radius 2 is 1.70 bits per heavy atom. The van der Waals surface area contributed by atoms with E-state index in [1.54, 1.807) is 0 Å². The van der Waals surface area contributed by atoms with Crippen molar-refractivity contribution in [3.63, 3.8) is 0 Å². The number of rotatable bonds is 8. The molecule has 3 atom stereocenters. The van der Waals surface area contributed by atoms with Gasteiger partial charge >= 0.3 is 0 Å². The van der Waals surface area contributed by atoms with Gasteiger partial charge in [0, 0.05) is 49.1 Å². The third-order valence-corrected chi connectivity index (χ3v) is 7.63. The third kappa shape index (κ3) is 5.04. The molecule has 0 radical (unpaired) electrons. The minimum Gasteiger partial charge on any atom is -0.348 e. The lowest BCUT2D eigenvalue weighted by Crippen LogP contribution is -2.58. The van der Waals surface area contributed by atoms with Crippen LogP contribution in [0.3, 0.4) is 0 Å². The van der Waals surface area contributed by atoms with Crippen molar-refractivity contribution in [1.29, 1.82) is 0 Å². The van der Waals surface area contributed by atoms with Crippen LogP contribution < -0.4 is 4.90 Å². The second-order valence-corrected chi connectivity index (χ2v) is 9.42. The molecule has 1 aliphatic heterocycles. The van der Waals surface area contributed by atoms with Crippen LogP contribution in [0.2, 0.25) is 0 Å². The van der Waals surface area contributed by atoms with E-state index in [2.05, 4.69) is 55.5 Å². The third-order valence-electron chi connectivity index (χ3n) is 7.63. The van der Waals surface area contributed by atoms with E-state index in [9.17, 15) is 4.79 Å². The summed E-state index contributed by atoms with van der Waals surface area (Å²) in [5, 5.41) is 0. The summed E-state index contributed by atoms with van der Waals surface area (Å²) in [6, 6.07) is 3.12. The highest BCUT2D eigenvalue weighted by Gasteiger charge is 2.34. The number of ketones is 1. The van der Waals surface area contributed by atoms with Gasteiger partial charge in [-0.25, -0.2) is 9.97 Å². The Balaban J connectivity index is 1.72. The summed E-state index contributed by atoms with van der Waals surface area (Å²) in [6.07, 6.45) is 9.23. The van der Waals surface area contributed by atoms with E-state index in [0.29, 0.717) is 23.8 Å². The zero-order chi connectivity index (χ0) is 21.7. The number of carbonyl (C=O) groups is 1. The fourth-order valence-corrected chi connectivity index (χ4v) is 5.37. The van der Waals surface area contributed by atoms with Gasteiger partial charge in [0.05, 0.1) is 0 Å². The molecule has 0 spiro atoms. The highest BCUT2D eigenvalue weighted by molar-refractivity contribution is 5.83. The lowest BCUT2D eigenvalue weighted by Gasteiger charge is -2.47. The zero-order valence-corrected chi connectivity index (χ0v) is 19.8. The fraction of sp³-hybridized carbons (Fsp3) is 0.800. The van der Waals surface area contributed by atoms with Gasteiger partial charge in [0.1, 0.15) is 17.4 Å². The molecule has 1 aromatic rings. The molecule has 168 valence electrons. The van der Waals surface area contributed by atoms with Crippen LogP contribution in [0.5, 0.6) is 0 Å². The van der Waals surface area contributed by atoms with Gasteiger partial charge in [-0.15, -0.1) is 0 Å². The van der Waals surface area contributed by atoms with Crippen LogP contribution in [0.4, 0.5) is 5.82 Å². The lowest BCUT2D eigenvalue weighted by molar-refractivity contribution is -0.127. The smallest absolute Gasteiger partial charge is 0.138 e. The van der Waals surface area contributed by atoms with Crippen molar-refractivity contribution < 1.29 is 4.79 Å². The topological polar surface area (TPSA) is 49.3 Å². The van der Waals surface area contributed by atoms with E-state index in [-0.39, 0.29) is 11.8 Å². The molecule has 2 aliphatic rings. The van der Waals surface area contributed by atoms with Gasteiger partial charge in [-0.2, -0.15) is 0 Å². The average Bonchev–Trinajstić information content (AvgIpc) is 2.82. The molecule has 3 unspecified atom stereocenters. The van der Waals surface area contributed by atoms with Crippen LogP contribution >= 0.6 is 0 Å². The average molecular weight is 415 g/mol. The van der Waals surface area contributed by atoms with Gasteiger partial charge in [-0.1, -0.05) is 34.6 Å². The molecule has 30 heavy (non-hydrogen) atoms. The highest BCUT2D eigenvalue weighted by Crippen LogP contribution is 2.37. The predicted molar refractivity (Wildman–Crippen MR) is 124 cm³/mol. The van der Waals surface area contributed by atoms with Gasteiger partial charge < -0.3 is 4.90 Å². The zero-order valence-electron chi connectivity index (χ0n) is 19.8. The Bertz CT molecular complexity index is 671. The molecule has 3 rings (SSSR count). The standard InChI is InChI=1S/C25H42N4O/c1-6-18(5)24(30)19-10-12-20(13-11-19)25-26-15-14-23(27-25)29-21(7-2)16-28(9-4)17-22(29)8-3/h14-15,18-22H,6-13,16-17H2,1-5H3. The minimum absolute atomic E-state index is 0.199.